The van der Waals surface area contributed by atoms with E-state index in [-0.39, 0.29) is 16.9 Å². The molecule has 0 saturated heterocycles. The van der Waals surface area contributed by atoms with Crippen molar-refractivity contribution in [1.29, 1.82) is 0 Å². The fraction of sp³-hybridized carbons (Fsp3) is 0.286. The van der Waals surface area contributed by atoms with Gasteiger partial charge >= 0.3 is 12.5 Å². The third-order valence-corrected chi connectivity index (χ3v) is 5.05. The zero-order valence-electron chi connectivity index (χ0n) is 22.0. The van der Waals surface area contributed by atoms with E-state index in [0.29, 0.717) is 0 Å². The van der Waals surface area contributed by atoms with Gasteiger partial charge in [-0.1, -0.05) is 18.2 Å². The number of rotatable bonds is 7. The molecule has 11 heteroatoms. The van der Waals surface area contributed by atoms with Crippen molar-refractivity contribution in [2.24, 2.45) is 0 Å². The number of hydrogen-bond donors (Lipinski definition) is 2. The molecule has 39 heavy (non-hydrogen) atoms. The van der Waals surface area contributed by atoms with Gasteiger partial charge in [-0.15, -0.1) is 13.2 Å². The average molecular weight is 544 g/mol. The quantitative estimate of drug-likeness (QED) is 0.250. The number of aromatic nitrogens is 1. The lowest BCUT2D eigenvalue weighted by Gasteiger charge is -2.21. The first-order chi connectivity index (χ1) is 18.1. The molecule has 0 aliphatic rings. The van der Waals surface area contributed by atoms with Crippen LogP contribution < -0.4 is 15.4 Å². The van der Waals surface area contributed by atoms with Crippen LogP contribution in [0.4, 0.5) is 29.3 Å². The maximum Gasteiger partial charge on any atom is 0.573 e. The highest BCUT2D eigenvalue weighted by molar-refractivity contribution is 6.12. The highest BCUT2D eigenvalue weighted by Crippen LogP contribution is 2.31. The summed E-state index contributed by atoms with van der Waals surface area (Å²) in [5, 5.41) is 4.76. The number of ketones is 1. The van der Waals surface area contributed by atoms with E-state index in [1.54, 1.807) is 39.0 Å². The van der Waals surface area contributed by atoms with Crippen molar-refractivity contribution in [1.82, 2.24) is 4.98 Å². The molecule has 1 aromatic heterocycles. The van der Waals surface area contributed by atoms with Crippen molar-refractivity contribution in [2.45, 2.75) is 53.0 Å². The van der Waals surface area contributed by atoms with Crippen LogP contribution >= 0.6 is 0 Å². The molecule has 8 nitrogen and oxygen atoms in total. The van der Waals surface area contributed by atoms with Crippen LogP contribution in [0.1, 0.15) is 48.9 Å². The second-order valence-electron chi connectivity index (χ2n) is 9.75. The van der Waals surface area contributed by atoms with Gasteiger partial charge in [0.25, 0.3) is 0 Å². The van der Waals surface area contributed by atoms with Crippen molar-refractivity contribution in [2.75, 3.05) is 10.6 Å². The first-order valence-corrected chi connectivity index (χ1v) is 11.9. The summed E-state index contributed by atoms with van der Waals surface area (Å²) in [6, 6.07) is 13.4. The normalized spacial score (nSPS) is 11.5. The van der Waals surface area contributed by atoms with Crippen molar-refractivity contribution < 1.29 is 37.0 Å². The Morgan fingerprint density at radius 3 is 2.13 bits per heavy atom. The lowest BCUT2D eigenvalue weighted by atomic mass is 9.99. The minimum atomic E-state index is -4.98. The standard InChI is InChI=1S/C28H28F3N3O5/c1-16-11-20(12-17(2)32-16)18-7-6-8-19(13-18)24(35)15-25(36)33-23-14-21(38-28(29,30)31)9-10-22(23)34-26(37)39-27(3,4)5/h6-14H,15H2,1-5H3,(H,33,36)(H,34,37). The Balaban J connectivity index is 1.80. The minimum absolute atomic E-state index is 0.0509. The lowest BCUT2D eigenvalue weighted by Crippen LogP contribution is -2.27. The second kappa shape index (κ2) is 11.5. The van der Waals surface area contributed by atoms with Gasteiger partial charge in [0.1, 0.15) is 11.4 Å². The molecule has 2 N–H and O–H groups in total. The Hall–Kier alpha value is -4.41. The summed E-state index contributed by atoms with van der Waals surface area (Å²) in [5.41, 5.74) is 2.41. The number of amides is 2. The van der Waals surface area contributed by atoms with Gasteiger partial charge in [-0.25, -0.2) is 4.79 Å². The SMILES string of the molecule is Cc1cc(-c2cccc(C(=O)CC(=O)Nc3cc(OC(F)(F)F)ccc3NC(=O)OC(C)(C)C)c2)cc(C)n1. The van der Waals surface area contributed by atoms with Crippen molar-refractivity contribution in [3.8, 4) is 16.9 Å². The lowest BCUT2D eigenvalue weighted by molar-refractivity contribution is -0.274. The number of nitrogens with zero attached hydrogens (tertiary/aromatic N) is 1. The van der Waals surface area contributed by atoms with E-state index in [4.69, 9.17) is 4.74 Å². The largest absolute Gasteiger partial charge is 0.573 e. The molecule has 3 rings (SSSR count). The van der Waals surface area contributed by atoms with E-state index in [2.05, 4.69) is 20.4 Å². The second-order valence-corrected chi connectivity index (χ2v) is 9.75. The van der Waals surface area contributed by atoms with Gasteiger partial charge in [0.15, 0.2) is 5.78 Å². The predicted octanol–water partition coefficient (Wildman–Crippen LogP) is 6.82. The number of nitrogens with one attached hydrogen (secondary N) is 2. The first kappa shape index (κ1) is 29.2. The molecule has 1 heterocycles. The van der Waals surface area contributed by atoms with E-state index in [0.717, 1.165) is 40.7 Å². The molecule has 0 aliphatic carbocycles. The van der Waals surface area contributed by atoms with E-state index in [1.807, 2.05) is 32.0 Å². The molecular weight excluding hydrogens is 515 g/mol. The zero-order chi connectivity index (χ0) is 29.0. The Kier molecular flexibility index (Phi) is 8.63. The van der Waals surface area contributed by atoms with Gasteiger partial charge in [-0.2, -0.15) is 0 Å². The number of ether oxygens (including phenoxy) is 2. The molecule has 0 atom stereocenters. The van der Waals surface area contributed by atoms with Crippen molar-refractivity contribution in [3.05, 3.63) is 71.5 Å². The highest BCUT2D eigenvalue weighted by atomic mass is 19.4. The van der Waals surface area contributed by atoms with E-state index in [1.165, 1.54) is 0 Å². The Labute approximate surface area is 223 Å². The number of halogens is 3. The van der Waals surface area contributed by atoms with Crippen LogP contribution in [0.15, 0.2) is 54.6 Å². The molecule has 0 spiro atoms. The smallest absolute Gasteiger partial charge is 0.444 e. The van der Waals surface area contributed by atoms with Crippen LogP contribution in [0, 0.1) is 13.8 Å². The summed E-state index contributed by atoms with van der Waals surface area (Å²) in [5.74, 6) is -1.95. The number of carbonyl (C=O) groups is 3. The molecule has 0 fully saturated rings. The van der Waals surface area contributed by atoms with Crippen LogP contribution in [0.25, 0.3) is 11.1 Å². The summed E-state index contributed by atoms with van der Waals surface area (Å²) in [6.07, 6.45) is -6.47. The molecule has 2 aromatic carbocycles. The fourth-order valence-electron chi connectivity index (χ4n) is 3.66. The minimum Gasteiger partial charge on any atom is -0.444 e. The molecule has 0 radical (unpaired) electrons. The topological polar surface area (TPSA) is 107 Å². The maximum absolute atomic E-state index is 12.9. The molecule has 3 aromatic rings. The summed E-state index contributed by atoms with van der Waals surface area (Å²) >= 11 is 0. The number of pyridine rings is 1. The number of benzene rings is 2. The molecule has 2 amide bonds. The third kappa shape index (κ3) is 9.13. The molecule has 0 bridgehead atoms. The van der Waals surface area contributed by atoms with E-state index in [9.17, 15) is 27.6 Å². The number of alkyl halides is 3. The molecule has 206 valence electrons. The maximum atomic E-state index is 12.9. The molecule has 0 unspecified atom stereocenters. The van der Waals surface area contributed by atoms with Crippen LogP contribution in [-0.4, -0.2) is 34.7 Å². The zero-order valence-corrected chi connectivity index (χ0v) is 22.0. The number of aryl methyl sites for hydroxylation is 2. The highest BCUT2D eigenvalue weighted by Gasteiger charge is 2.31. The first-order valence-electron chi connectivity index (χ1n) is 11.9. The Bertz CT molecular complexity index is 1380. The third-order valence-electron chi connectivity index (χ3n) is 5.05. The molecular formula is C28H28F3N3O5. The van der Waals surface area contributed by atoms with Crippen molar-refractivity contribution >= 4 is 29.2 Å². The van der Waals surface area contributed by atoms with Gasteiger partial charge in [0.05, 0.1) is 17.8 Å². The Morgan fingerprint density at radius 2 is 1.51 bits per heavy atom. The van der Waals surface area contributed by atoms with E-state index < -0.39 is 41.9 Å². The molecule has 0 aliphatic heterocycles. The van der Waals surface area contributed by atoms with Crippen molar-refractivity contribution in [3.63, 3.8) is 0 Å². The number of Topliss-reactive ketones (excluding diaryl/α,β-unsaturated/α-hetero) is 1. The summed E-state index contributed by atoms with van der Waals surface area (Å²) in [4.78, 5) is 42.2. The fourth-order valence-corrected chi connectivity index (χ4v) is 3.66. The predicted molar refractivity (Wildman–Crippen MR) is 140 cm³/mol. The average Bonchev–Trinajstić information content (AvgIpc) is 2.78. The van der Waals surface area contributed by atoms with Crippen LogP contribution in [0.2, 0.25) is 0 Å². The van der Waals surface area contributed by atoms with E-state index >= 15 is 0 Å². The number of anilines is 2. The molecule has 0 saturated carbocycles. The number of hydrogen-bond acceptors (Lipinski definition) is 6. The number of carbonyl (C=O) groups excluding carboxylic acids is 3. The van der Waals surface area contributed by atoms with Crippen LogP contribution in [-0.2, 0) is 9.53 Å². The summed E-state index contributed by atoms with van der Waals surface area (Å²) in [6.45, 7) is 8.61. The Morgan fingerprint density at radius 1 is 0.846 bits per heavy atom. The monoisotopic (exact) mass is 543 g/mol. The van der Waals surface area contributed by atoms with Gasteiger partial charge in [-0.05, 0) is 76.1 Å². The summed E-state index contributed by atoms with van der Waals surface area (Å²) in [7, 11) is 0. The summed E-state index contributed by atoms with van der Waals surface area (Å²) < 4.78 is 47.3. The van der Waals surface area contributed by atoms with Crippen LogP contribution in [0.5, 0.6) is 5.75 Å². The van der Waals surface area contributed by atoms with Gasteiger partial charge in [0, 0.05) is 23.0 Å². The van der Waals surface area contributed by atoms with Crippen LogP contribution in [0.3, 0.4) is 0 Å². The van der Waals surface area contributed by atoms with Gasteiger partial charge in [0.2, 0.25) is 5.91 Å². The van der Waals surface area contributed by atoms with Gasteiger partial charge < -0.3 is 14.8 Å². The van der Waals surface area contributed by atoms with Gasteiger partial charge in [-0.3, -0.25) is 19.9 Å².